The SMILES string of the molecule is O=C(NCc1cccs1)C1CCN(c2nc3ccccc3[nH]2)CC1. The van der Waals surface area contributed by atoms with E-state index in [4.69, 9.17) is 0 Å². The molecule has 3 heterocycles. The van der Waals surface area contributed by atoms with Gasteiger partial charge in [0.1, 0.15) is 0 Å². The lowest BCUT2D eigenvalue weighted by molar-refractivity contribution is -0.125. The highest BCUT2D eigenvalue weighted by molar-refractivity contribution is 7.09. The number of aromatic amines is 1. The average molecular weight is 340 g/mol. The van der Waals surface area contributed by atoms with Crippen molar-refractivity contribution in [2.24, 2.45) is 5.92 Å². The van der Waals surface area contributed by atoms with Gasteiger partial charge in [-0.15, -0.1) is 11.3 Å². The van der Waals surface area contributed by atoms with E-state index >= 15 is 0 Å². The molecular weight excluding hydrogens is 320 g/mol. The fraction of sp³-hybridized carbons (Fsp3) is 0.333. The summed E-state index contributed by atoms with van der Waals surface area (Å²) in [5.74, 6) is 1.19. The highest BCUT2D eigenvalue weighted by Crippen LogP contribution is 2.23. The van der Waals surface area contributed by atoms with Crippen LogP contribution in [0.2, 0.25) is 0 Å². The highest BCUT2D eigenvalue weighted by Gasteiger charge is 2.26. The summed E-state index contributed by atoms with van der Waals surface area (Å²) in [6.07, 6.45) is 1.74. The largest absolute Gasteiger partial charge is 0.351 e. The Balaban J connectivity index is 1.33. The van der Waals surface area contributed by atoms with E-state index in [0.717, 1.165) is 42.9 Å². The van der Waals surface area contributed by atoms with E-state index in [2.05, 4.69) is 26.3 Å². The molecule has 124 valence electrons. The molecule has 0 aliphatic carbocycles. The Bertz CT molecular complexity index is 786. The standard InChI is InChI=1S/C18H20N4OS/c23-17(19-12-14-4-3-11-24-14)13-7-9-22(10-8-13)18-20-15-5-1-2-6-16(15)21-18/h1-6,11,13H,7-10,12H2,(H,19,23)(H,20,21). The first-order chi connectivity index (χ1) is 11.8. The number of rotatable bonds is 4. The third-order valence-electron chi connectivity index (χ3n) is 4.56. The zero-order valence-electron chi connectivity index (χ0n) is 13.4. The molecule has 2 N–H and O–H groups in total. The Kier molecular flexibility index (Phi) is 4.21. The molecule has 3 aromatic rings. The number of carbonyl (C=O) groups excluding carboxylic acids is 1. The second-order valence-electron chi connectivity index (χ2n) is 6.14. The Morgan fingerprint density at radius 1 is 1.25 bits per heavy atom. The lowest BCUT2D eigenvalue weighted by Gasteiger charge is -2.31. The van der Waals surface area contributed by atoms with Crippen molar-refractivity contribution >= 4 is 34.2 Å². The molecule has 1 aliphatic heterocycles. The monoisotopic (exact) mass is 340 g/mol. The van der Waals surface area contributed by atoms with Crippen LogP contribution in [0.4, 0.5) is 5.95 Å². The summed E-state index contributed by atoms with van der Waals surface area (Å²) in [5, 5.41) is 5.10. The minimum atomic E-state index is 0.102. The van der Waals surface area contributed by atoms with Gasteiger partial charge in [-0.1, -0.05) is 18.2 Å². The summed E-state index contributed by atoms with van der Waals surface area (Å²) in [4.78, 5) is 23.8. The first kappa shape index (κ1) is 15.2. The van der Waals surface area contributed by atoms with Gasteiger partial charge in [0.25, 0.3) is 0 Å². The van der Waals surface area contributed by atoms with Gasteiger partial charge < -0.3 is 15.2 Å². The van der Waals surface area contributed by atoms with Crippen molar-refractivity contribution in [3.63, 3.8) is 0 Å². The van der Waals surface area contributed by atoms with E-state index in [1.807, 2.05) is 35.7 Å². The molecule has 0 saturated carbocycles. The van der Waals surface area contributed by atoms with Crippen molar-refractivity contribution in [2.45, 2.75) is 19.4 Å². The number of nitrogens with one attached hydrogen (secondary N) is 2. The van der Waals surface area contributed by atoms with E-state index in [9.17, 15) is 4.79 Å². The van der Waals surface area contributed by atoms with Crippen LogP contribution < -0.4 is 10.2 Å². The second-order valence-corrected chi connectivity index (χ2v) is 7.17. The van der Waals surface area contributed by atoms with E-state index in [-0.39, 0.29) is 11.8 Å². The number of nitrogens with zero attached hydrogens (tertiary/aromatic N) is 2. The molecule has 0 spiro atoms. The van der Waals surface area contributed by atoms with Gasteiger partial charge in [0.05, 0.1) is 17.6 Å². The topological polar surface area (TPSA) is 61.0 Å². The van der Waals surface area contributed by atoms with Crippen LogP contribution in [0, 0.1) is 5.92 Å². The number of hydrogen-bond acceptors (Lipinski definition) is 4. The number of amides is 1. The molecule has 2 aromatic heterocycles. The quantitative estimate of drug-likeness (QED) is 0.767. The van der Waals surface area contributed by atoms with E-state index in [0.29, 0.717) is 6.54 Å². The number of carbonyl (C=O) groups is 1. The maximum atomic E-state index is 12.3. The molecule has 5 nitrogen and oxygen atoms in total. The van der Waals surface area contributed by atoms with Crippen LogP contribution in [0.5, 0.6) is 0 Å². The van der Waals surface area contributed by atoms with Crippen molar-refractivity contribution in [1.29, 1.82) is 0 Å². The van der Waals surface area contributed by atoms with Crippen molar-refractivity contribution < 1.29 is 4.79 Å². The van der Waals surface area contributed by atoms with E-state index in [1.54, 1.807) is 11.3 Å². The fourth-order valence-electron chi connectivity index (χ4n) is 3.17. The van der Waals surface area contributed by atoms with E-state index in [1.165, 1.54) is 4.88 Å². The zero-order chi connectivity index (χ0) is 16.4. The molecule has 6 heteroatoms. The molecule has 0 unspecified atom stereocenters. The van der Waals surface area contributed by atoms with Gasteiger partial charge in [-0.25, -0.2) is 4.98 Å². The summed E-state index contributed by atoms with van der Waals surface area (Å²) in [7, 11) is 0. The molecule has 0 bridgehead atoms. The average Bonchev–Trinajstić information content (AvgIpc) is 3.29. The molecule has 1 amide bonds. The van der Waals surface area contributed by atoms with Gasteiger partial charge in [0.15, 0.2) is 0 Å². The molecule has 24 heavy (non-hydrogen) atoms. The maximum Gasteiger partial charge on any atom is 0.223 e. The summed E-state index contributed by atoms with van der Waals surface area (Å²) >= 11 is 1.68. The summed E-state index contributed by atoms with van der Waals surface area (Å²) in [6.45, 7) is 2.36. The number of fused-ring (bicyclic) bond motifs is 1. The molecule has 1 fully saturated rings. The van der Waals surface area contributed by atoms with Crippen LogP contribution >= 0.6 is 11.3 Å². The van der Waals surface area contributed by atoms with Gasteiger partial charge in [-0.3, -0.25) is 4.79 Å². The van der Waals surface area contributed by atoms with Crippen LogP contribution in [0.25, 0.3) is 11.0 Å². The van der Waals surface area contributed by atoms with Gasteiger partial charge in [0.2, 0.25) is 11.9 Å². The number of para-hydroxylation sites is 2. The van der Waals surface area contributed by atoms with Crippen LogP contribution in [0.3, 0.4) is 0 Å². The van der Waals surface area contributed by atoms with Crippen molar-refractivity contribution in [3.05, 3.63) is 46.7 Å². The Hall–Kier alpha value is -2.34. The fourth-order valence-corrected chi connectivity index (χ4v) is 3.82. The number of imidazole rings is 1. The second kappa shape index (κ2) is 6.65. The molecule has 0 atom stereocenters. The first-order valence-electron chi connectivity index (χ1n) is 8.29. The van der Waals surface area contributed by atoms with Gasteiger partial charge >= 0.3 is 0 Å². The minimum absolute atomic E-state index is 0.102. The summed E-state index contributed by atoms with van der Waals surface area (Å²) in [5.41, 5.74) is 2.05. The van der Waals surface area contributed by atoms with Crippen molar-refractivity contribution in [2.75, 3.05) is 18.0 Å². The maximum absolute atomic E-state index is 12.3. The van der Waals surface area contributed by atoms with Gasteiger partial charge in [0, 0.05) is 23.9 Å². The van der Waals surface area contributed by atoms with E-state index < -0.39 is 0 Å². The Morgan fingerprint density at radius 3 is 2.83 bits per heavy atom. The predicted octanol–water partition coefficient (Wildman–Crippen LogP) is 3.16. The number of benzene rings is 1. The smallest absolute Gasteiger partial charge is 0.223 e. The third kappa shape index (κ3) is 3.14. The molecule has 1 saturated heterocycles. The lowest BCUT2D eigenvalue weighted by atomic mass is 9.96. The molecule has 4 rings (SSSR count). The van der Waals surface area contributed by atoms with Crippen LogP contribution in [-0.2, 0) is 11.3 Å². The molecule has 0 radical (unpaired) electrons. The highest BCUT2D eigenvalue weighted by atomic mass is 32.1. The number of anilines is 1. The third-order valence-corrected chi connectivity index (χ3v) is 5.44. The van der Waals surface area contributed by atoms with Crippen LogP contribution in [0.1, 0.15) is 17.7 Å². The number of thiophene rings is 1. The zero-order valence-corrected chi connectivity index (χ0v) is 14.2. The number of aromatic nitrogens is 2. The Labute approximate surface area is 144 Å². The molecule has 1 aliphatic rings. The van der Waals surface area contributed by atoms with Crippen molar-refractivity contribution in [1.82, 2.24) is 15.3 Å². The number of piperidine rings is 1. The Morgan fingerprint density at radius 2 is 2.08 bits per heavy atom. The first-order valence-corrected chi connectivity index (χ1v) is 9.17. The summed E-state index contributed by atoms with van der Waals surface area (Å²) < 4.78 is 0. The molecule has 1 aromatic carbocycles. The van der Waals surface area contributed by atoms with Crippen LogP contribution in [0.15, 0.2) is 41.8 Å². The van der Waals surface area contributed by atoms with Gasteiger partial charge in [-0.2, -0.15) is 0 Å². The van der Waals surface area contributed by atoms with Crippen LogP contribution in [-0.4, -0.2) is 29.0 Å². The summed E-state index contributed by atoms with van der Waals surface area (Å²) in [6, 6.07) is 12.1. The number of H-pyrrole nitrogens is 1. The lowest BCUT2D eigenvalue weighted by Crippen LogP contribution is -2.40. The van der Waals surface area contributed by atoms with Gasteiger partial charge in [-0.05, 0) is 36.4 Å². The minimum Gasteiger partial charge on any atom is -0.351 e. The molecular formula is C18H20N4OS. The normalized spacial score (nSPS) is 15.8. The number of hydrogen-bond donors (Lipinski definition) is 2. The predicted molar refractivity (Wildman–Crippen MR) is 97.2 cm³/mol. The van der Waals surface area contributed by atoms with Crippen molar-refractivity contribution in [3.8, 4) is 0 Å².